The maximum Gasteiger partial charge on any atom is 2.00 e. The smallest absolute Gasteiger partial charge is 1.00 e. The van der Waals surface area contributed by atoms with E-state index in [0.717, 1.165) is 0 Å². The molecule has 0 saturated heterocycles. The van der Waals surface area contributed by atoms with Gasteiger partial charge < -0.3 is 23.5 Å². The summed E-state index contributed by atoms with van der Waals surface area (Å²) in [5.41, 5.74) is 0. The van der Waals surface area contributed by atoms with E-state index < -0.39 is 9.05 Å². The molecule has 0 spiro atoms. The summed E-state index contributed by atoms with van der Waals surface area (Å²) in [4.78, 5) is 29.3. The Kier molecular flexibility index (Phi) is 13.5. The molecular weight excluding hydrogens is 139 g/mol. The van der Waals surface area contributed by atoms with Gasteiger partial charge in [0.25, 0.3) is 0 Å². The molecular formula is H7MgNaO4Si. The second-order valence-electron chi connectivity index (χ2n) is 0.600. The van der Waals surface area contributed by atoms with Crippen LogP contribution in [0.25, 0.3) is 0 Å². The summed E-state index contributed by atoms with van der Waals surface area (Å²) in [6.45, 7) is 0. The van der Waals surface area contributed by atoms with Gasteiger partial charge in [0, 0.05) is 0 Å². The van der Waals surface area contributed by atoms with Crippen LogP contribution in [0.1, 0.15) is 4.28 Å². The third-order valence-electron chi connectivity index (χ3n) is 0. The van der Waals surface area contributed by atoms with Crippen LogP contribution >= 0.6 is 0 Å². The van der Waals surface area contributed by atoms with E-state index in [4.69, 9.17) is 19.2 Å². The van der Waals surface area contributed by atoms with E-state index >= 15 is 0 Å². The Morgan fingerprint density at radius 2 is 1.00 bits per heavy atom. The van der Waals surface area contributed by atoms with Gasteiger partial charge >= 0.3 is 61.7 Å². The van der Waals surface area contributed by atoms with E-state index in [2.05, 4.69) is 0 Å². The molecule has 0 aromatic heterocycles. The molecule has 0 radical (unpaired) electrons. The van der Waals surface area contributed by atoms with E-state index in [0.29, 0.717) is 0 Å². The number of rotatable bonds is 0. The first kappa shape index (κ1) is 15.9. The van der Waals surface area contributed by atoms with Crippen LogP contribution in [0, 0.1) is 0 Å². The van der Waals surface area contributed by atoms with Crippen LogP contribution in [0.15, 0.2) is 0 Å². The van der Waals surface area contributed by atoms with Gasteiger partial charge in [0.15, 0.2) is 0 Å². The van der Waals surface area contributed by atoms with Crippen LogP contribution in [-0.4, -0.2) is 51.3 Å². The summed E-state index contributed by atoms with van der Waals surface area (Å²) >= 11 is 0. The minimum Gasteiger partial charge on any atom is -1.00 e. The Morgan fingerprint density at radius 3 is 1.00 bits per heavy atom. The fourth-order valence-electron chi connectivity index (χ4n) is 0. The van der Waals surface area contributed by atoms with E-state index in [1.807, 2.05) is 0 Å². The fraction of sp³-hybridized carbons (Fsp3) is 0. The summed E-state index contributed by atoms with van der Waals surface area (Å²) in [6.07, 6.45) is 0. The topological polar surface area (TPSA) is 80.9 Å². The average molecular weight is 146 g/mol. The third-order valence-corrected chi connectivity index (χ3v) is 0. The summed E-state index contributed by atoms with van der Waals surface area (Å²) in [5, 5.41) is 0. The molecule has 0 atom stereocenters. The fourth-order valence-corrected chi connectivity index (χ4v) is 0. The Labute approximate surface area is 84.6 Å². The van der Waals surface area contributed by atoms with Crippen molar-refractivity contribution in [3.63, 3.8) is 0 Å². The second-order valence-corrected chi connectivity index (χ2v) is 1.80. The Morgan fingerprint density at radius 1 is 1.00 bits per heavy atom. The van der Waals surface area contributed by atoms with Crippen molar-refractivity contribution < 1.29 is 53.0 Å². The molecule has 0 aliphatic carbocycles. The van der Waals surface area contributed by atoms with Crippen LogP contribution in [0.5, 0.6) is 0 Å². The molecule has 0 heterocycles. The predicted octanol–water partition coefficient (Wildman–Crippen LogP) is -5.65. The predicted molar refractivity (Wildman–Crippen MR) is 23.7 cm³/mol. The van der Waals surface area contributed by atoms with Gasteiger partial charge in [-0.1, -0.05) is 0 Å². The molecule has 7 heteroatoms. The van der Waals surface area contributed by atoms with E-state index in [1.165, 1.54) is 0 Å². The first-order valence-corrected chi connectivity index (χ1v) is 2.68. The monoisotopic (exact) mass is 146 g/mol. The van der Waals surface area contributed by atoms with Crippen molar-refractivity contribution in [2.24, 2.45) is 0 Å². The van der Waals surface area contributed by atoms with E-state index in [1.54, 1.807) is 0 Å². The molecule has 0 unspecified atom stereocenters. The number of hydrogen-bond acceptors (Lipinski definition) is 4. The summed E-state index contributed by atoms with van der Waals surface area (Å²) in [7, 11) is -4.61. The van der Waals surface area contributed by atoms with Gasteiger partial charge in [0.1, 0.15) is 0 Å². The third kappa shape index (κ3) is 79.8. The Bertz CT molecular complexity index is 36.0. The van der Waals surface area contributed by atoms with Gasteiger partial charge in [0.05, 0.1) is 0 Å². The van der Waals surface area contributed by atoms with Crippen LogP contribution < -0.4 is 29.6 Å². The van der Waals surface area contributed by atoms with Crippen LogP contribution in [0.4, 0.5) is 0 Å². The molecule has 0 aromatic carbocycles. The summed E-state index contributed by atoms with van der Waals surface area (Å²) in [6, 6.07) is 0. The van der Waals surface area contributed by atoms with E-state index in [-0.39, 0.29) is 56.9 Å². The molecule has 38 valence electrons. The maximum absolute atomic E-state index is 7.33. The molecule has 0 aliphatic rings. The zero-order chi connectivity index (χ0) is 4.50. The van der Waals surface area contributed by atoms with Crippen molar-refractivity contribution in [2.45, 2.75) is 0 Å². The first-order valence-electron chi connectivity index (χ1n) is 0.894. The Balaban J connectivity index is -0.00000000800. The first-order chi connectivity index (χ1) is 2.00. The van der Waals surface area contributed by atoms with Gasteiger partial charge in [-0.3, -0.25) is 0 Å². The van der Waals surface area contributed by atoms with Gasteiger partial charge in [-0.05, 0) is 0 Å². The molecule has 0 aromatic rings. The molecule has 0 aliphatic heterocycles. The van der Waals surface area contributed by atoms with Gasteiger partial charge in [-0.25, -0.2) is 0 Å². The van der Waals surface area contributed by atoms with Crippen molar-refractivity contribution in [2.75, 3.05) is 0 Å². The van der Waals surface area contributed by atoms with Crippen molar-refractivity contribution in [3.05, 3.63) is 0 Å². The standard InChI is InChI=1S/Mg.Na.H4O4Si.3H/c;;1-5(2,3)4;;;/h;;1-4H;;;/q+2;+1;;3*-1. The average Bonchev–Trinajstić information content (AvgIpc) is 0.722. The SMILES string of the molecule is O[Si](O)(O)O.[H-].[H-].[H-].[Mg+2].[Na+]. The summed E-state index contributed by atoms with van der Waals surface area (Å²) < 4.78 is 0. The van der Waals surface area contributed by atoms with Crippen LogP contribution in [0.2, 0.25) is 0 Å². The van der Waals surface area contributed by atoms with Crippen molar-refractivity contribution >= 4 is 32.1 Å². The van der Waals surface area contributed by atoms with Gasteiger partial charge in [0.2, 0.25) is 0 Å². The van der Waals surface area contributed by atoms with E-state index in [9.17, 15) is 0 Å². The largest absolute Gasteiger partial charge is 2.00 e. The normalized spacial score (nSPS) is 8.57. The zero-order valence-corrected chi connectivity index (χ0v) is 8.41. The number of hydrogen-bond donors (Lipinski definition) is 4. The summed E-state index contributed by atoms with van der Waals surface area (Å²) in [5.74, 6) is 0. The molecule has 0 fully saturated rings. The van der Waals surface area contributed by atoms with Gasteiger partial charge in [-0.15, -0.1) is 0 Å². The van der Waals surface area contributed by atoms with Crippen molar-refractivity contribution in [3.8, 4) is 0 Å². The molecule has 0 rings (SSSR count). The Hall–Kier alpha value is 1.82. The molecule has 0 bridgehead atoms. The van der Waals surface area contributed by atoms with Crippen LogP contribution in [0.3, 0.4) is 0 Å². The molecule has 4 N–H and O–H groups in total. The van der Waals surface area contributed by atoms with Crippen LogP contribution in [-0.2, 0) is 0 Å². The molecule has 0 amide bonds. The quantitative estimate of drug-likeness (QED) is 0.257. The minimum absolute atomic E-state index is 0. The second kappa shape index (κ2) is 5.95. The zero-order valence-electron chi connectivity index (χ0n) is 7.00. The maximum atomic E-state index is 7.33. The van der Waals surface area contributed by atoms with Crippen molar-refractivity contribution in [1.29, 1.82) is 0 Å². The van der Waals surface area contributed by atoms with Crippen molar-refractivity contribution in [1.82, 2.24) is 0 Å². The molecule has 4 nitrogen and oxygen atoms in total. The minimum atomic E-state index is -4.61. The molecule has 0 saturated carbocycles. The van der Waals surface area contributed by atoms with Gasteiger partial charge in [-0.2, -0.15) is 0 Å². The molecule has 7 heavy (non-hydrogen) atoms.